The molecule has 7 heteroatoms. The van der Waals surface area contributed by atoms with Crippen molar-refractivity contribution in [3.63, 3.8) is 0 Å². The molecule has 100 valence electrons. The van der Waals surface area contributed by atoms with E-state index in [0.29, 0.717) is 24.5 Å². The van der Waals surface area contributed by atoms with Crippen molar-refractivity contribution in [3.8, 4) is 5.75 Å². The number of hydrogen-bond donors (Lipinski definition) is 2. The van der Waals surface area contributed by atoms with Crippen LogP contribution in [0.2, 0.25) is 0 Å². The number of hydrogen-bond acceptors (Lipinski definition) is 5. The first-order valence-corrected chi connectivity index (χ1v) is 6.01. The normalized spacial score (nSPS) is 10.1. The van der Waals surface area contributed by atoms with Gasteiger partial charge in [0.1, 0.15) is 5.75 Å². The molecule has 0 aliphatic heterocycles. The van der Waals surface area contributed by atoms with E-state index in [2.05, 4.69) is 25.9 Å². The third-order valence-corrected chi connectivity index (χ3v) is 2.40. The number of tetrazole rings is 1. The molecule has 0 aliphatic rings. The molecular weight excluding hydrogens is 246 g/mol. The molecule has 2 N–H and O–H groups in total. The number of H-pyrrole nitrogens is 1. The van der Waals surface area contributed by atoms with Crippen molar-refractivity contribution in [1.29, 1.82) is 0 Å². The van der Waals surface area contributed by atoms with Gasteiger partial charge in [0.2, 0.25) is 0 Å². The van der Waals surface area contributed by atoms with E-state index in [-0.39, 0.29) is 12.5 Å². The van der Waals surface area contributed by atoms with Crippen LogP contribution in [0.25, 0.3) is 0 Å². The second kappa shape index (κ2) is 7.10. The maximum atomic E-state index is 11.5. The molecule has 0 saturated heterocycles. The highest BCUT2D eigenvalue weighted by molar-refractivity contribution is 5.77. The van der Waals surface area contributed by atoms with Gasteiger partial charge in [0.05, 0.1) is 0 Å². The van der Waals surface area contributed by atoms with Crippen LogP contribution < -0.4 is 10.1 Å². The van der Waals surface area contributed by atoms with E-state index >= 15 is 0 Å². The van der Waals surface area contributed by atoms with Crippen LogP contribution >= 0.6 is 0 Å². The Kier molecular flexibility index (Phi) is 4.86. The predicted octanol–water partition coefficient (Wildman–Crippen LogP) is 0.327. The third-order valence-electron chi connectivity index (χ3n) is 2.40. The summed E-state index contributed by atoms with van der Waals surface area (Å²) in [6.07, 6.45) is 1.44. The molecule has 0 fully saturated rings. The van der Waals surface area contributed by atoms with Crippen LogP contribution in [0, 0.1) is 0 Å². The van der Waals surface area contributed by atoms with Crippen LogP contribution in [0.4, 0.5) is 0 Å². The van der Waals surface area contributed by atoms with E-state index in [1.165, 1.54) is 0 Å². The summed E-state index contributed by atoms with van der Waals surface area (Å²) in [5, 5.41) is 16.2. The molecule has 0 spiro atoms. The van der Waals surface area contributed by atoms with Crippen LogP contribution in [-0.4, -0.2) is 39.7 Å². The van der Waals surface area contributed by atoms with Crippen LogP contribution in [0.3, 0.4) is 0 Å². The van der Waals surface area contributed by atoms with Crippen molar-refractivity contribution < 1.29 is 9.53 Å². The molecule has 0 saturated carbocycles. The smallest absolute Gasteiger partial charge is 0.257 e. The zero-order valence-electron chi connectivity index (χ0n) is 10.4. The van der Waals surface area contributed by atoms with Gasteiger partial charge in [-0.3, -0.25) is 4.79 Å². The van der Waals surface area contributed by atoms with E-state index in [1.54, 1.807) is 0 Å². The lowest BCUT2D eigenvalue weighted by molar-refractivity contribution is -0.123. The summed E-state index contributed by atoms with van der Waals surface area (Å²) in [4.78, 5) is 11.5. The van der Waals surface area contributed by atoms with Crippen molar-refractivity contribution in [2.24, 2.45) is 0 Å². The molecule has 1 aromatic carbocycles. The highest BCUT2D eigenvalue weighted by Crippen LogP contribution is 2.07. The van der Waals surface area contributed by atoms with E-state index in [9.17, 15) is 4.79 Å². The Morgan fingerprint density at radius 3 is 2.89 bits per heavy atom. The fourth-order valence-corrected chi connectivity index (χ4v) is 1.48. The van der Waals surface area contributed by atoms with Crippen molar-refractivity contribution in [2.45, 2.75) is 12.8 Å². The lowest BCUT2D eigenvalue weighted by atomic mass is 10.3. The Morgan fingerprint density at radius 2 is 2.16 bits per heavy atom. The highest BCUT2D eigenvalue weighted by atomic mass is 16.5. The zero-order valence-corrected chi connectivity index (χ0v) is 10.4. The van der Waals surface area contributed by atoms with E-state index in [1.807, 2.05) is 30.3 Å². The quantitative estimate of drug-likeness (QED) is 0.700. The lowest BCUT2D eigenvalue weighted by Gasteiger charge is -2.06. The fraction of sp³-hybridized carbons (Fsp3) is 0.333. The molecule has 19 heavy (non-hydrogen) atoms. The Labute approximate surface area is 110 Å². The summed E-state index contributed by atoms with van der Waals surface area (Å²) >= 11 is 0. The number of amides is 1. The molecule has 2 aromatic rings. The molecule has 0 aliphatic carbocycles. The molecule has 0 unspecified atom stereocenters. The molecule has 0 atom stereocenters. The number of rotatable bonds is 7. The van der Waals surface area contributed by atoms with Crippen molar-refractivity contribution in [1.82, 2.24) is 25.9 Å². The number of aryl methyl sites for hydroxylation is 1. The van der Waals surface area contributed by atoms with Crippen LogP contribution in [0.15, 0.2) is 30.3 Å². The maximum absolute atomic E-state index is 11.5. The molecule has 0 bridgehead atoms. The largest absolute Gasteiger partial charge is 0.484 e. The Hall–Kier alpha value is -2.44. The summed E-state index contributed by atoms with van der Waals surface area (Å²) in [5.74, 6) is 1.19. The molecule has 1 aromatic heterocycles. The predicted molar refractivity (Wildman–Crippen MR) is 67.4 cm³/mol. The average molecular weight is 261 g/mol. The van der Waals surface area contributed by atoms with Crippen LogP contribution in [-0.2, 0) is 11.2 Å². The van der Waals surface area contributed by atoms with Gasteiger partial charge in [-0.15, -0.1) is 10.2 Å². The van der Waals surface area contributed by atoms with E-state index in [4.69, 9.17) is 4.74 Å². The number of nitrogens with zero attached hydrogens (tertiary/aromatic N) is 3. The summed E-state index contributed by atoms with van der Waals surface area (Å²) in [5.41, 5.74) is 0. The number of ether oxygens (including phenoxy) is 1. The minimum Gasteiger partial charge on any atom is -0.484 e. The van der Waals surface area contributed by atoms with Gasteiger partial charge in [-0.2, -0.15) is 5.21 Å². The van der Waals surface area contributed by atoms with Crippen LogP contribution in [0.5, 0.6) is 5.75 Å². The minimum atomic E-state index is -0.142. The number of aromatic nitrogens is 4. The van der Waals surface area contributed by atoms with Gasteiger partial charge < -0.3 is 10.1 Å². The highest BCUT2D eigenvalue weighted by Gasteiger charge is 2.03. The number of para-hydroxylation sites is 1. The third kappa shape index (κ3) is 4.74. The van der Waals surface area contributed by atoms with Crippen molar-refractivity contribution >= 4 is 5.91 Å². The molecular formula is C12H15N5O2. The van der Waals surface area contributed by atoms with Crippen LogP contribution in [0.1, 0.15) is 12.2 Å². The second-order valence-corrected chi connectivity index (χ2v) is 3.88. The van der Waals surface area contributed by atoms with Crippen molar-refractivity contribution in [2.75, 3.05) is 13.2 Å². The van der Waals surface area contributed by atoms with Gasteiger partial charge in [0.15, 0.2) is 12.4 Å². The van der Waals surface area contributed by atoms with Gasteiger partial charge >= 0.3 is 0 Å². The van der Waals surface area contributed by atoms with Gasteiger partial charge in [-0.1, -0.05) is 23.4 Å². The summed E-state index contributed by atoms with van der Waals surface area (Å²) < 4.78 is 5.32. The Balaban J connectivity index is 1.57. The summed E-state index contributed by atoms with van der Waals surface area (Å²) in [6.45, 7) is 0.581. The molecule has 1 amide bonds. The molecule has 7 nitrogen and oxygen atoms in total. The number of aromatic amines is 1. The van der Waals surface area contributed by atoms with E-state index in [0.717, 1.165) is 6.42 Å². The van der Waals surface area contributed by atoms with E-state index < -0.39 is 0 Å². The zero-order chi connectivity index (χ0) is 13.3. The SMILES string of the molecule is O=C(COc1ccccc1)NCCCc1nn[nH]n1. The summed E-state index contributed by atoms with van der Waals surface area (Å²) in [6, 6.07) is 9.23. The average Bonchev–Trinajstić information content (AvgIpc) is 2.96. The Bertz CT molecular complexity index is 486. The minimum absolute atomic E-state index is 0.0201. The first-order valence-electron chi connectivity index (χ1n) is 6.01. The number of nitrogens with one attached hydrogen (secondary N) is 2. The molecule has 2 rings (SSSR count). The van der Waals surface area contributed by atoms with Gasteiger partial charge in [0.25, 0.3) is 5.91 Å². The number of carbonyl (C=O) groups is 1. The van der Waals surface area contributed by atoms with Crippen molar-refractivity contribution in [3.05, 3.63) is 36.2 Å². The van der Waals surface area contributed by atoms with Gasteiger partial charge in [-0.25, -0.2) is 0 Å². The van der Waals surface area contributed by atoms with Gasteiger partial charge in [0, 0.05) is 13.0 Å². The standard InChI is InChI=1S/C12H15N5O2/c18-12(9-19-10-5-2-1-3-6-10)13-8-4-7-11-14-16-17-15-11/h1-3,5-6H,4,7-9H2,(H,13,18)(H,14,15,16,17). The Morgan fingerprint density at radius 1 is 1.32 bits per heavy atom. The molecule has 1 heterocycles. The molecule has 0 radical (unpaired) electrons. The van der Waals surface area contributed by atoms with Gasteiger partial charge in [-0.05, 0) is 18.6 Å². The topological polar surface area (TPSA) is 92.8 Å². The fourth-order valence-electron chi connectivity index (χ4n) is 1.48. The second-order valence-electron chi connectivity index (χ2n) is 3.88. The summed E-state index contributed by atoms with van der Waals surface area (Å²) in [7, 11) is 0. The maximum Gasteiger partial charge on any atom is 0.257 e. The first-order chi connectivity index (χ1) is 9.34. The number of benzene rings is 1. The lowest BCUT2D eigenvalue weighted by Crippen LogP contribution is -2.29. The number of carbonyl (C=O) groups excluding carboxylic acids is 1. The monoisotopic (exact) mass is 261 g/mol. The first kappa shape index (κ1) is 13.0.